The molecule has 2 heterocycles. The lowest BCUT2D eigenvalue weighted by atomic mass is 10.0. The molecule has 0 aliphatic rings. The smallest absolute Gasteiger partial charge is 0.263 e. The van der Waals surface area contributed by atoms with E-state index in [-0.39, 0.29) is 35.3 Å². The fourth-order valence-corrected chi connectivity index (χ4v) is 4.12. The number of nitrogens with zero attached hydrogens (tertiary/aromatic N) is 3. The molecule has 8 heteroatoms. The minimum Gasteiger partial charge on any atom is -0.434 e. The molecule has 0 fully saturated rings. The normalized spacial score (nSPS) is 10.8. The van der Waals surface area contributed by atoms with Gasteiger partial charge in [-0.1, -0.05) is 30.3 Å². The number of halogens is 1. The number of ketones is 1. The highest BCUT2D eigenvalue weighted by Gasteiger charge is 2.19. The van der Waals surface area contributed by atoms with Crippen LogP contribution in [-0.4, -0.2) is 40.2 Å². The lowest BCUT2D eigenvalue weighted by Gasteiger charge is -2.12. The monoisotopic (exact) mass is 449 g/mol. The standard InChI is InChI=1S/C24H20FN3O3S/c1-3-28(2)24(30)21-13-18-22(32-21)23(27-14-26-18)31-20-10-9-16(12-17(20)25)19(29)11-15-7-5-4-6-8-15/h4-10,12-14H,3,11H2,1-2H3. The third-order valence-electron chi connectivity index (χ3n) is 4.98. The fraction of sp³-hybridized carbons (Fsp3) is 0.167. The number of hydrogen-bond donors (Lipinski definition) is 0. The lowest BCUT2D eigenvalue weighted by Crippen LogP contribution is -2.25. The number of aromatic nitrogens is 2. The molecular weight excluding hydrogens is 429 g/mol. The average molecular weight is 450 g/mol. The van der Waals surface area contributed by atoms with Crippen molar-refractivity contribution in [1.82, 2.24) is 14.9 Å². The molecule has 0 N–H and O–H groups in total. The van der Waals surface area contributed by atoms with Gasteiger partial charge in [-0.15, -0.1) is 11.3 Å². The highest BCUT2D eigenvalue weighted by atomic mass is 32.1. The van der Waals surface area contributed by atoms with Crippen LogP contribution in [0, 0.1) is 5.82 Å². The van der Waals surface area contributed by atoms with Crippen molar-refractivity contribution in [3.8, 4) is 11.6 Å². The van der Waals surface area contributed by atoms with Crippen LogP contribution in [0.1, 0.15) is 32.5 Å². The van der Waals surface area contributed by atoms with Crippen LogP contribution in [0.3, 0.4) is 0 Å². The van der Waals surface area contributed by atoms with Crippen LogP contribution in [0.4, 0.5) is 4.39 Å². The largest absolute Gasteiger partial charge is 0.434 e. The van der Waals surface area contributed by atoms with Crippen LogP contribution in [0.15, 0.2) is 60.9 Å². The number of benzene rings is 2. The number of rotatable bonds is 7. The summed E-state index contributed by atoms with van der Waals surface area (Å²) in [4.78, 5) is 35.3. The lowest BCUT2D eigenvalue weighted by molar-refractivity contribution is 0.0807. The maximum atomic E-state index is 14.7. The molecule has 4 rings (SSSR count). The molecule has 4 aromatic rings. The van der Waals surface area contributed by atoms with Gasteiger partial charge in [-0.25, -0.2) is 14.4 Å². The molecule has 6 nitrogen and oxygen atoms in total. The van der Waals surface area contributed by atoms with E-state index < -0.39 is 5.82 Å². The Morgan fingerprint density at radius 1 is 1.09 bits per heavy atom. The van der Waals surface area contributed by atoms with Crippen molar-refractivity contribution in [1.29, 1.82) is 0 Å². The summed E-state index contributed by atoms with van der Waals surface area (Å²) in [6, 6.07) is 15.1. The Balaban J connectivity index is 1.57. The second-order valence-corrected chi connectivity index (χ2v) is 8.21. The molecule has 0 unspecified atom stereocenters. The molecule has 0 spiro atoms. The van der Waals surface area contributed by atoms with Crippen molar-refractivity contribution in [2.45, 2.75) is 13.3 Å². The molecule has 0 aliphatic carbocycles. The SMILES string of the molecule is CCN(C)C(=O)c1cc2ncnc(Oc3ccc(C(=O)Cc4ccccc4)cc3F)c2s1. The maximum absolute atomic E-state index is 14.7. The first-order valence-electron chi connectivity index (χ1n) is 10.0. The van der Waals surface area contributed by atoms with E-state index in [0.29, 0.717) is 21.6 Å². The number of hydrogen-bond acceptors (Lipinski definition) is 6. The van der Waals surface area contributed by atoms with Crippen molar-refractivity contribution in [3.05, 3.63) is 82.7 Å². The van der Waals surface area contributed by atoms with E-state index in [9.17, 15) is 14.0 Å². The molecule has 0 bridgehead atoms. The first kappa shape index (κ1) is 21.6. The number of fused-ring (bicyclic) bond motifs is 1. The Bertz CT molecular complexity index is 1290. The van der Waals surface area contributed by atoms with Crippen molar-refractivity contribution < 1.29 is 18.7 Å². The maximum Gasteiger partial charge on any atom is 0.263 e. The highest BCUT2D eigenvalue weighted by molar-refractivity contribution is 7.21. The summed E-state index contributed by atoms with van der Waals surface area (Å²) in [5.41, 5.74) is 1.67. The van der Waals surface area contributed by atoms with Crippen LogP contribution < -0.4 is 4.74 Å². The zero-order chi connectivity index (χ0) is 22.7. The third-order valence-corrected chi connectivity index (χ3v) is 6.08. The molecule has 1 amide bonds. The van der Waals surface area contributed by atoms with E-state index in [2.05, 4.69) is 9.97 Å². The van der Waals surface area contributed by atoms with E-state index in [1.807, 2.05) is 37.3 Å². The summed E-state index contributed by atoms with van der Waals surface area (Å²) in [6.45, 7) is 2.46. The minimum atomic E-state index is -0.672. The van der Waals surface area contributed by atoms with Crippen molar-refractivity contribution >= 4 is 33.2 Å². The van der Waals surface area contributed by atoms with Gasteiger partial charge in [0.05, 0.1) is 10.4 Å². The number of carbonyl (C=O) groups excluding carboxylic acids is 2. The first-order valence-corrected chi connectivity index (χ1v) is 10.8. The van der Waals surface area contributed by atoms with Gasteiger partial charge in [0, 0.05) is 25.6 Å². The van der Waals surface area contributed by atoms with Crippen LogP contribution in [-0.2, 0) is 6.42 Å². The number of ether oxygens (including phenoxy) is 1. The summed E-state index contributed by atoms with van der Waals surface area (Å²) in [5.74, 6) is -0.899. The molecule has 0 atom stereocenters. The molecule has 0 saturated carbocycles. The van der Waals surface area contributed by atoms with Crippen LogP contribution in [0.5, 0.6) is 11.6 Å². The average Bonchev–Trinajstić information content (AvgIpc) is 3.25. The summed E-state index contributed by atoms with van der Waals surface area (Å²) in [6.07, 6.45) is 1.49. The predicted octanol–water partition coefficient (Wildman–Crippen LogP) is 5.14. The Labute approximate surface area is 188 Å². The van der Waals surface area contributed by atoms with Crippen LogP contribution in [0.25, 0.3) is 10.2 Å². The van der Waals surface area contributed by atoms with Gasteiger partial charge in [-0.2, -0.15) is 0 Å². The highest BCUT2D eigenvalue weighted by Crippen LogP contribution is 2.34. The summed E-state index contributed by atoms with van der Waals surface area (Å²) >= 11 is 1.19. The van der Waals surface area contributed by atoms with E-state index in [4.69, 9.17) is 4.74 Å². The van der Waals surface area contributed by atoms with Gasteiger partial charge < -0.3 is 9.64 Å². The molecule has 0 aliphatic heterocycles. The van der Waals surface area contributed by atoms with Crippen LogP contribution in [0.2, 0.25) is 0 Å². The summed E-state index contributed by atoms with van der Waals surface area (Å²) in [5, 5.41) is 0. The van der Waals surface area contributed by atoms with E-state index in [1.54, 1.807) is 18.0 Å². The van der Waals surface area contributed by atoms with Crippen molar-refractivity contribution in [3.63, 3.8) is 0 Å². The Morgan fingerprint density at radius 3 is 2.59 bits per heavy atom. The topological polar surface area (TPSA) is 72.4 Å². The third kappa shape index (κ3) is 4.50. The van der Waals surface area contributed by atoms with E-state index in [0.717, 1.165) is 5.56 Å². The Hall–Kier alpha value is -3.65. The quantitative estimate of drug-likeness (QED) is 0.365. The molecular formula is C24H20FN3O3S. The number of Topliss-reactive ketones (excluding diaryl/α,β-unsaturated/α-hetero) is 1. The van der Waals surface area contributed by atoms with Gasteiger partial charge in [-0.05, 0) is 36.8 Å². The molecule has 32 heavy (non-hydrogen) atoms. The Kier molecular flexibility index (Phi) is 6.23. The second kappa shape index (κ2) is 9.23. The fourth-order valence-electron chi connectivity index (χ4n) is 3.09. The van der Waals surface area contributed by atoms with Crippen LogP contribution >= 0.6 is 11.3 Å². The van der Waals surface area contributed by atoms with E-state index in [1.165, 1.54) is 35.9 Å². The number of carbonyl (C=O) groups is 2. The molecule has 2 aromatic heterocycles. The van der Waals surface area contributed by atoms with Gasteiger partial charge in [0.15, 0.2) is 17.3 Å². The second-order valence-electron chi connectivity index (χ2n) is 7.16. The van der Waals surface area contributed by atoms with Gasteiger partial charge in [0.25, 0.3) is 5.91 Å². The zero-order valence-corrected chi connectivity index (χ0v) is 18.4. The number of amides is 1. The number of thiophene rings is 1. The molecule has 0 saturated heterocycles. The molecule has 0 radical (unpaired) electrons. The van der Waals surface area contributed by atoms with Crippen molar-refractivity contribution in [2.75, 3.05) is 13.6 Å². The van der Waals surface area contributed by atoms with Crippen molar-refractivity contribution in [2.24, 2.45) is 0 Å². The zero-order valence-electron chi connectivity index (χ0n) is 17.5. The summed E-state index contributed by atoms with van der Waals surface area (Å²) < 4.78 is 21.0. The van der Waals surface area contributed by atoms with Gasteiger partial charge in [0.2, 0.25) is 5.88 Å². The van der Waals surface area contributed by atoms with Gasteiger partial charge in [-0.3, -0.25) is 9.59 Å². The molecule has 162 valence electrons. The summed E-state index contributed by atoms with van der Waals surface area (Å²) in [7, 11) is 1.71. The van der Waals surface area contributed by atoms with Gasteiger partial charge >= 0.3 is 0 Å². The predicted molar refractivity (Wildman–Crippen MR) is 121 cm³/mol. The Morgan fingerprint density at radius 2 is 1.88 bits per heavy atom. The minimum absolute atomic E-state index is 0.0618. The molecule has 2 aromatic carbocycles. The van der Waals surface area contributed by atoms with Gasteiger partial charge in [0.1, 0.15) is 11.0 Å². The first-order chi connectivity index (χ1) is 15.5. The van der Waals surface area contributed by atoms with E-state index >= 15 is 0 Å².